The minimum atomic E-state index is -4.76. The number of ether oxygens (including phenoxy) is 1. The van der Waals surface area contributed by atoms with Gasteiger partial charge in [0, 0.05) is 43.7 Å². The van der Waals surface area contributed by atoms with Crippen molar-refractivity contribution in [3.8, 4) is 17.3 Å². The number of rotatable bonds is 8. The average molecular weight is 634 g/mol. The van der Waals surface area contributed by atoms with Gasteiger partial charge in [0.15, 0.2) is 5.82 Å². The number of aryl methyl sites for hydroxylation is 1. The number of halogens is 3. The number of benzene rings is 1. The molecule has 0 unspecified atom stereocenters. The number of amides is 1. The number of carbonyl (C=O) groups is 1. The van der Waals surface area contributed by atoms with Gasteiger partial charge in [-0.1, -0.05) is 0 Å². The molecule has 1 amide bonds. The van der Waals surface area contributed by atoms with E-state index in [0.717, 1.165) is 31.9 Å². The Hall–Kier alpha value is -3.85. The van der Waals surface area contributed by atoms with Crippen LogP contribution in [0.2, 0.25) is 0 Å². The zero-order valence-electron chi connectivity index (χ0n) is 24.6. The standard InChI is InChI=1S/C29H34F3N7O4S/c1-36-25-21(11-19(13-23(25)43-2)28(40)37-10-4-5-20(33)15-37)34-27(36)22-12-18-8-9-24(35-26(18)38(22)14-17-6-7-17)39(44(3,41)42)16-29(30,31)32/h8-9,11-13,17,20H,4-7,10,14-16,33H2,1-3H3/t20-/m1/s1. The summed E-state index contributed by atoms with van der Waals surface area (Å²) in [6.07, 6.45) is -0.346. The summed E-state index contributed by atoms with van der Waals surface area (Å²) in [5.74, 6) is 0.890. The van der Waals surface area contributed by atoms with E-state index in [1.807, 2.05) is 22.2 Å². The van der Waals surface area contributed by atoms with Crippen LogP contribution in [0.4, 0.5) is 19.0 Å². The molecule has 6 rings (SSSR count). The van der Waals surface area contributed by atoms with E-state index < -0.39 is 22.7 Å². The number of likely N-dealkylation sites (tertiary alicyclic amines) is 1. The number of hydrogen-bond donors (Lipinski definition) is 1. The smallest absolute Gasteiger partial charge is 0.407 e. The van der Waals surface area contributed by atoms with Gasteiger partial charge in [0.1, 0.15) is 29.3 Å². The van der Waals surface area contributed by atoms with Crippen molar-refractivity contribution in [3.05, 3.63) is 35.9 Å². The van der Waals surface area contributed by atoms with Gasteiger partial charge in [-0.2, -0.15) is 13.2 Å². The average Bonchev–Trinajstić information content (AvgIpc) is 3.63. The number of hydrogen-bond acceptors (Lipinski definition) is 7. The maximum absolute atomic E-state index is 13.4. The molecule has 4 heterocycles. The fraction of sp³-hybridized carbons (Fsp3) is 0.483. The van der Waals surface area contributed by atoms with Crippen molar-refractivity contribution in [3.63, 3.8) is 0 Å². The van der Waals surface area contributed by atoms with Crippen molar-refractivity contribution in [2.45, 2.75) is 44.4 Å². The Morgan fingerprint density at radius 1 is 1.16 bits per heavy atom. The first-order chi connectivity index (χ1) is 20.7. The molecule has 2 N–H and O–H groups in total. The Labute approximate surface area is 252 Å². The molecule has 1 aliphatic heterocycles. The minimum Gasteiger partial charge on any atom is -0.494 e. The number of nitrogens with zero attached hydrogens (tertiary/aromatic N) is 6. The van der Waals surface area contributed by atoms with Crippen LogP contribution >= 0.6 is 0 Å². The number of aromatic nitrogens is 4. The number of carbonyl (C=O) groups excluding carboxylic acids is 1. The fourth-order valence-corrected chi connectivity index (χ4v) is 6.73. The molecule has 0 radical (unpaired) electrons. The van der Waals surface area contributed by atoms with Crippen LogP contribution < -0.4 is 14.8 Å². The normalized spacial score (nSPS) is 17.9. The van der Waals surface area contributed by atoms with E-state index in [9.17, 15) is 26.4 Å². The highest BCUT2D eigenvalue weighted by molar-refractivity contribution is 7.92. The lowest BCUT2D eigenvalue weighted by atomic mass is 10.0. The molecule has 1 saturated heterocycles. The van der Waals surface area contributed by atoms with E-state index in [1.54, 1.807) is 23.1 Å². The number of piperidine rings is 1. The monoisotopic (exact) mass is 633 g/mol. The summed E-state index contributed by atoms with van der Waals surface area (Å²) in [6, 6.07) is 8.06. The molecule has 3 aromatic heterocycles. The molecule has 44 heavy (non-hydrogen) atoms. The third-order valence-electron chi connectivity index (χ3n) is 8.22. The van der Waals surface area contributed by atoms with Crippen LogP contribution in [0.15, 0.2) is 30.3 Å². The van der Waals surface area contributed by atoms with Crippen LogP contribution in [-0.4, -0.2) is 83.5 Å². The lowest BCUT2D eigenvalue weighted by Gasteiger charge is -2.30. The number of methoxy groups -OCH3 is 1. The number of anilines is 1. The number of nitrogens with two attached hydrogens (primary N) is 1. The molecule has 236 valence electrons. The number of sulfonamides is 1. The van der Waals surface area contributed by atoms with Crippen molar-refractivity contribution < 1.29 is 31.1 Å². The van der Waals surface area contributed by atoms with Gasteiger partial charge < -0.3 is 24.5 Å². The van der Waals surface area contributed by atoms with Crippen LogP contribution in [0.3, 0.4) is 0 Å². The van der Waals surface area contributed by atoms with Gasteiger partial charge in [-0.3, -0.25) is 4.79 Å². The molecule has 1 aliphatic carbocycles. The maximum Gasteiger partial charge on any atom is 0.407 e. The number of imidazole rings is 1. The van der Waals surface area contributed by atoms with Gasteiger partial charge in [0.2, 0.25) is 10.0 Å². The first-order valence-corrected chi connectivity index (χ1v) is 16.2. The first kappa shape index (κ1) is 30.2. The van der Waals surface area contributed by atoms with E-state index in [4.69, 9.17) is 15.5 Å². The van der Waals surface area contributed by atoms with E-state index in [1.165, 1.54) is 13.2 Å². The SMILES string of the molecule is COc1cc(C(=O)N2CCC[C@@H](N)C2)cc2nc(-c3cc4ccc(N(CC(F)(F)F)S(C)(=O)=O)nc4n3CC3CC3)n(C)c12. The van der Waals surface area contributed by atoms with Crippen LogP contribution in [0.25, 0.3) is 33.6 Å². The molecule has 11 nitrogen and oxygen atoms in total. The maximum atomic E-state index is 13.4. The molecule has 2 fully saturated rings. The number of fused-ring (bicyclic) bond motifs is 2. The van der Waals surface area contributed by atoms with Crippen LogP contribution in [0.5, 0.6) is 5.75 Å². The Kier molecular flexibility index (Phi) is 7.51. The summed E-state index contributed by atoms with van der Waals surface area (Å²) in [7, 11) is -0.921. The molecule has 1 atom stereocenters. The Morgan fingerprint density at radius 3 is 2.55 bits per heavy atom. The lowest BCUT2D eigenvalue weighted by Crippen LogP contribution is -2.45. The molecule has 1 aromatic carbocycles. The Balaban J connectivity index is 1.47. The second-order valence-corrected chi connectivity index (χ2v) is 13.7. The number of pyridine rings is 1. The molecule has 1 saturated carbocycles. The third kappa shape index (κ3) is 5.82. The second-order valence-electron chi connectivity index (χ2n) is 11.7. The molecule has 0 bridgehead atoms. The van der Waals surface area contributed by atoms with E-state index >= 15 is 0 Å². The molecular weight excluding hydrogens is 599 g/mol. The highest BCUT2D eigenvalue weighted by Crippen LogP contribution is 2.38. The van der Waals surface area contributed by atoms with Gasteiger partial charge in [0.25, 0.3) is 5.91 Å². The van der Waals surface area contributed by atoms with Gasteiger partial charge in [-0.05, 0) is 61.9 Å². The summed E-state index contributed by atoms with van der Waals surface area (Å²) >= 11 is 0. The van der Waals surface area contributed by atoms with Crippen LogP contribution in [0, 0.1) is 5.92 Å². The molecule has 15 heteroatoms. The van der Waals surface area contributed by atoms with E-state index in [2.05, 4.69) is 4.98 Å². The summed E-state index contributed by atoms with van der Waals surface area (Å²) < 4.78 is 74.5. The summed E-state index contributed by atoms with van der Waals surface area (Å²) in [5.41, 5.74) is 8.77. The Bertz CT molecular complexity index is 1860. The largest absolute Gasteiger partial charge is 0.494 e. The summed E-state index contributed by atoms with van der Waals surface area (Å²) in [4.78, 5) is 24.5. The van der Waals surface area contributed by atoms with Gasteiger partial charge >= 0.3 is 6.18 Å². The zero-order chi connectivity index (χ0) is 31.6. The highest BCUT2D eigenvalue weighted by atomic mass is 32.2. The van der Waals surface area contributed by atoms with Crippen molar-refractivity contribution in [2.24, 2.45) is 18.7 Å². The van der Waals surface area contributed by atoms with Crippen molar-refractivity contribution in [1.82, 2.24) is 24.0 Å². The summed E-state index contributed by atoms with van der Waals surface area (Å²) in [6.45, 7) is -0.0544. The van der Waals surface area contributed by atoms with Gasteiger partial charge in [-0.25, -0.2) is 22.7 Å². The molecule has 2 aliphatic rings. The zero-order valence-corrected chi connectivity index (χ0v) is 25.5. The minimum absolute atomic E-state index is 0.0692. The fourth-order valence-electron chi connectivity index (χ4n) is 5.91. The quantitative estimate of drug-likeness (QED) is 0.312. The predicted octanol–water partition coefficient (Wildman–Crippen LogP) is 3.90. The van der Waals surface area contributed by atoms with Crippen molar-refractivity contribution in [1.29, 1.82) is 0 Å². The number of alkyl halides is 3. The van der Waals surface area contributed by atoms with Crippen LogP contribution in [-0.2, 0) is 23.6 Å². The van der Waals surface area contributed by atoms with E-state index in [-0.39, 0.29) is 22.1 Å². The predicted molar refractivity (Wildman–Crippen MR) is 160 cm³/mol. The first-order valence-electron chi connectivity index (χ1n) is 14.4. The van der Waals surface area contributed by atoms with Crippen molar-refractivity contribution in [2.75, 3.05) is 37.3 Å². The molecule has 0 spiro atoms. The van der Waals surface area contributed by atoms with Crippen molar-refractivity contribution >= 4 is 43.8 Å². The van der Waals surface area contributed by atoms with Gasteiger partial charge in [-0.15, -0.1) is 0 Å². The molecular formula is C29H34F3N7O4S. The van der Waals surface area contributed by atoms with E-state index in [0.29, 0.717) is 70.5 Å². The van der Waals surface area contributed by atoms with Crippen LogP contribution in [0.1, 0.15) is 36.0 Å². The van der Waals surface area contributed by atoms with Gasteiger partial charge in [0.05, 0.1) is 24.6 Å². The Morgan fingerprint density at radius 2 is 1.91 bits per heavy atom. The lowest BCUT2D eigenvalue weighted by molar-refractivity contribution is -0.117. The summed E-state index contributed by atoms with van der Waals surface area (Å²) in [5, 5.41) is 0.626. The topological polar surface area (TPSA) is 129 Å². The second kappa shape index (κ2) is 10.9. The molecule has 4 aromatic rings. The third-order valence-corrected chi connectivity index (χ3v) is 9.34. The highest BCUT2D eigenvalue weighted by Gasteiger charge is 2.36.